The van der Waals surface area contributed by atoms with Crippen LogP contribution < -0.4 is 5.32 Å². The number of hydrogen-bond donors (Lipinski definition) is 2. The Balaban J connectivity index is 2.06. The number of phenols is 1. The lowest BCUT2D eigenvalue weighted by Crippen LogP contribution is -2.45. The minimum Gasteiger partial charge on any atom is -0.507 e. The largest absolute Gasteiger partial charge is 0.507 e. The zero-order chi connectivity index (χ0) is 14.7. The molecule has 0 unspecified atom stereocenters. The molecule has 0 bridgehead atoms. The maximum Gasteiger partial charge on any atom is 0.123 e. The molecule has 1 atom stereocenters. The van der Waals surface area contributed by atoms with Crippen molar-refractivity contribution in [2.75, 3.05) is 26.2 Å². The van der Waals surface area contributed by atoms with Crippen LogP contribution in [0, 0.1) is 0 Å². The predicted molar refractivity (Wildman–Crippen MR) is 87.6 cm³/mol. The van der Waals surface area contributed by atoms with Crippen molar-refractivity contribution in [3.8, 4) is 5.75 Å². The Hall–Kier alpha value is -1.84. The highest BCUT2D eigenvalue weighted by Crippen LogP contribution is 2.35. The summed E-state index contributed by atoms with van der Waals surface area (Å²) < 4.78 is 0. The van der Waals surface area contributed by atoms with Crippen LogP contribution in [-0.4, -0.2) is 36.2 Å². The highest BCUT2D eigenvalue weighted by molar-refractivity contribution is 5.91. The Labute approximate surface area is 125 Å². The van der Waals surface area contributed by atoms with Crippen molar-refractivity contribution < 1.29 is 5.11 Å². The van der Waals surface area contributed by atoms with Crippen LogP contribution in [0.2, 0.25) is 0 Å². The standard InChI is InChI=1S/C18H22N2O/c1-2-5-17(20-12-10-19-11-13-20)15-8-9-18(21)16-7-4-3-6-14(15)16/h2-4,6-9,17,19,21H,1,5,10-13H2/t17-/m1/s1. The van der Waals surface area contributed by atoms with Gasteiger partial charge in [-0.3, -0.25) is 4.90 Å². The molecule has 1 aliphatic rings. The molecular formula is C18H22N2O. The molecule has 1 aliphatic heterocycles. The van der Waals surface area contributed by atoms with Crippen molar-refractivity contribution in [3.05, 3.63) is 54.6 Å². The van der Waals surface area contributed by atoms with Gasteiger partial charge in [-0.1, -0.05) is 36.4 Å². The highest BCUT2D eigenvalue weighted by atomic mass is 16.3. The van der Waals surface area contributed by atoms with Gasteiger partial charge < -0.3 is 10.4 Å². The smallest absolute Gasteiger partial charge is 0.123 e. The number of nitrogens with zero attached hydrogens (tertiary/aromatic N) is 1. The third-order valence-electron chi connectivity index (χ3n) is 4.28. The first-order valence-electron chi connectivity index (χ1n) is 7.57. The lowest BCUT2D eigenvalue weighted by atomic mass is 9.94. The van der Waals surface area contributed by atoms with Gasteiger partial charge in [0.15, 0.2) is 0 Å². The van der Waals surface area contributed by atoms with E-state index in [1.54, 1.807) is 0 Å². The second-order valence-corrected chi connectivity index (χ2v) is 5.55. The topological polar surface area (TPSA) is 35.5 Å². The fourth-order valence-electron chi connectivity index (χ4n) is 3.22. The maximum absolute atomic E-state index is 10.1. The zero-order valence-corrected chi connectivity index (χ0v) is 12.3. The predicted octanol–water partition coefficient (Wildman–Crippen LogP) is 3.07. The van der Waals surface area contributed by atoms with Gasteiger partial charge in [-0.25, -0.2) is 0 Å². The molecule has 1 fully saturated rings. The quantitative estimate of drug-likeness (QED) is 0.846. The van der Waals surface area contributed by atoms with Crippen molar-refractivity contribution in [1.82, 2.24) is 10.2 Å². The van der Waals surface area contributed by atoms with Gasteiger partial charge in [0.2, 0.25) is 0 Å². The Morgan fingerprint density at radius 3 is 2.57 bits per heavy atom. The van der Waals surface area contributed by atoms with Crippen molar-refractivity contribution in [1.29, 1.82) is 0 Å². The first-order valence-corrected chi connectivity index (χ1v) is 7.57. The molecule has 110 valence electrons. The van der Waals surface area contributed by atoms with Crippen molar-refractivity contribution in [3.63, 3.8) is 0 Å². The van der Waals surface area contributed by atoms with Gasteiger partial charge in [0.25, 0.3) is 0 Å². The van der Waals surface area contributed by atoms with Gasteiger partial charge in [-0.05, 0) is 23.4 Å². The molecule has 0 spiro atoms. The number of benzene rings is 2. The molecule has 0 radical (unpaired) electrons. The summed E-state index contributed by atoms with van der Waals surface area (Å²) in [6.45, 7) is 8.09. The van der Waals surface area contributed by atoms with Crippen molar-refractivity contribution in [2.45, 2.75) is 12.5 Å². The molecule has 0 amide bonds. The van der Waals surface area contributed by atoms with Crippen LogP contribution in [0.25, 0.3) is 10.8 Å². The molecule has 2 aromatic carbocycles. The van der Waals surface area contributed by atoms with Crippen molar-refractivity contribution >= 4 is 10.8 Å². The molecule has 3 heteroatoms. The van der Waals surface area contributed by atoms with Crippen LogP contribution in [-0.2, 0) is 0 Å². The molecule has 0 aromatic heterocycles. The summed E-state index contributed by atoms with van der Waals surface area (Å²) in [5.41, 5.74) is 1.28. The molecule has 3 nitrogen and oxygen atoms in total. The first-order chi connectivity index (χ1) is 10.3. The number of hydrogen-bond acceptors (Lipinski definition) is 3. The molecular weight excluding hydrogens is 260 g/mol. The fraction of sp³-hybridized carbons (Fsp3) is 0.333. The number of aromatic hydroxyl groups is 1. The average Bonchev–Trinajstić information content (AvgIpc) is 2.55. The Bertz CT molecular complexity index is 632. The Morgan fingerprint density at radius 1 is 1.14 bits per heavy atom. The number of rotatable bonds is 4. The molecule has 21 heavy (non-hydrogen) atoms. The van der Waals surface area contributed by atoms with Crippen LogP contribution in [0.3, 0.4) is 0 Å². The van der Waals surface area contributed by atoms with Gasteiger partial charge >= 0.3 is 0 Å². The molecule has 1 heterocycles. The molecule has 1 saturated heterocycles. The summed E-state index contributed by atoms with van der Waals surface area (Å²) in [6.07, 6.45) is 2.92. The third-order valence-corrected chi connectivity index (χ3v) is 4.28. The number of piperazine rings is 1. The summed E-state index contributed by atoms with van der Waals surface area (Å²) in [5.74, 6) is 0.354. The van der Waals surface area contributed by atoms with Crippen LogP contribution in [0.4, 0.5) is 0 Å². The zero-order valence-electron chi connectivity index (χ0n) is 12.3. The number of fused-ring (bicyclic) bond motifs is 1. The van der Waals surface area contributed by atoms with E-state index in [0.717, 1.165) is 43.4 Å². The van der Waals surface area contributed by atoms with E-state index in [2.05, 4.69) is 28.9 Å². The Morgan fingerprint density at radius 2 is 1.86 bits per heavy atom. The van der Waals surface area contributed by atoms with E-state index in [9.17, 15) is 5.11 Å². The summed E-state index contributed by atoms with van der Waals surface area (Å²) in [6, 6.07) is 12.3. The normalized spacial score (nSPS) is 17.7. The van der Waals surface area contributed by atoms with Crippen LogP contribution in [0.1, 0.15) is 18.0 Å². The molecule has 2 N–H and O–H groups in total. The van der Waals surface area contributed by atoms with E-state index < -0.39 is 0 Å². The summed E-state index contributed by atoms with van der Waals surface area (Å²) in [7, 11) is 0. The lowest BCUT2D eigenvalue weighted by Gasteiger charge is -2.35. The number of phenolic OH excluding ortho intramolecular Hbond substituents is 1. The summed E-state index contributed by atoms with van der Waals surface area (Å²) >= 11 is 0. The average molecular weight is 282 g/mol. The number of nitrogens with one attached hydrogen (secondary N) is 1. The maximum atomic E-state index is 10.1. The minimum atomic E-state index is 0.329. The van der Waals surface area contributed by atoms with Crippen LogP contribution in [0.5, 0.6) is 5.75 Å². The van der Waals surface area contributed by atoms with Gasteiger partial charge in [-0.15, -0.1) is 6.58 Å². The van der Waals surface area contributed by atoms with Crippen LogP contribution in [0.15, 0.2) is 49.1 Å². The monoisotopic (exact) mass is 282 g/mol. The fourth-order valence-corrected chi connectivity index (χ4v) is 3.22. The molecule has 3 rings (SSSR count). The minimum absolute atomic E-state index is 0.329. The van der Waals surface area contributed by atoms with E-state index in [0.29, 0.717) is 11.8 Å². The second-order valence-electron chi connectivity index (χ2n) is 5.55. The van der Waals surface area contributed by atoms with Crippen molar-refractivity contribution in [2.24, 2.45) is 0 Å². The molecule has 0 aliphatic carbocycles. The Kier molecular flexibility index (Phi) is 4.23. The van der Waals surface area contributed by atoms with Gasteiger partial charge in [0.1, 0.15) is 5.75 Å². The van der Waals surface area contributed by atoms with Gasteiger partial charge in [-0.2, -0.15) is 0 Å². The van der Waals surface area contributed by atoms with E-state index in [1.807, 2.05) is 30.3 Å². The van der Waals surface area contributed by atoms with E-state index in [4.69, 9.17) is 0 Å². The van der Waals surface area contributed by atoms with Gasteiger partial charge in [0, 0.05) is 37.6 Å². The van der Waals surface area contributed by atoms with E-state index in [1.165, 1.54) is 5.56 Å². The van der Waals surface area contributed by atoms with Gasteiger partial charge in [0.05, 0.1) is 0 Å². The third kappa shape index (κ3) is 2.80. The van der Waals surface area contributed by atoms with E-state index >= 15 is 0 Å². The van der Waals surface area contributed by atoms with E-state index in [-0.39, 0.29) is 0 Å². The summed E-state index contributed by atoms with van der Waals surface area (Å²) in [5, 5.41) is 15.5. The SMILES string of the molecule is C=CC[C@H](c1ccc(O)c2ccccc12)N1CCNCC1. The molecule has 0 saturated carbocycles. The lowest BCUT2D eigenvalue weighted by molar-refractivity contribution is 0.175. The first kappa shape index (κ1) is 14.1. The van der Waals surface area contributed by atoms with Crippen LogP contribution >= 0.6 is 0 Å². The summed E-state index contributed by atoms with van der Waals surface area (Å²) in [4.78, 5) is 2.51. The molecule has 2 aromatic rings. The highest BCUT2D eigenvalue weighted by Gasteiger charge is 2.23. The second kappa shape index (κ2) is 6.29.